The maximum atomic E-state index is 11.0. The van der Waals surface area contributed by atoms with E-state index in [-0.39, 0.29) is 17.2 Å². The first-order valence-electron chi connectivity index (χ1n) is 4.70. The van der Waals surface area contributed by atoms with Gasteiger partial charge in [-0.1, -0.05) is 24.6 Å². The first-order valence-corrected chi connectivity index (χ1v) is 5.58. The summed E-state index contributed by atoms with van der Waals surface area (Å²) in [4.78, 5) is 12.2. The standard InChI is InChI=1S/C11H13NOS/c1-7-3-5-9(6-4-7)14-11-8(2)10(13)12-11/h3-6,8,11H,1-2H3,(H,12,13). The van der Waals surface area contributed by atoms with E-state index in [2.05, 4.69) is 36.5 Å². The Bertz CT molecular complexity index is 347. The molecule has 3 heteroatoms. The lowest BCUT2D eigenvalue weighted by Gasteiger charge is -2.33. The molecule has 14 heavy (non-hydrogen) atoms. The van der Waals surface area contributed by atoms with Crippen LogP contribution in [0.25, 0.3) is 0 Å². The van der Waals surface area contributed by atoms with Crippen molar-refractivity contribution in [3.63, 3.8) is 0 Å². The Morgan fingerprint density at radius 2 is 1.93 bits per heavy atom. The molecule has 1 N–H and O–H groups in total. The molecule has 74 valence electrons. The van der Waals surface area contributed by atoms with Crippen LogP contribution >= 0.6 is 11.8 Å². The Morgan fingerprint density at radius 3 is 2.43 bits per heavy atom. The number of rotatable bonds is 2. The van der Waals surface area contributed by atoms with Crippen molar-refractivity contribution in [2.75, 3.05) is 0 Å². The van der Waals surface area contributed by atoms with Crippen LogP contribution in [-0.2, 0) is 4.79 Å². The first kappa shape index (κ1) is 9.59. The summed E-state index contributed by atoms with van der Waals surface area (Å²) in [6, 6.07) is 8.37. The number of carbonyl (C=O) groups is 1. The highest BCUT2D eigenvalue weighted by molar-refractivity contribution is 8.00. The Labute approximate surface area is 88.1 Å². The molecule has 0 saturated carbocycles. The van der Waals surface area contributed by atoms with Crippen LogP contribution in [0.15, 0.2) is 29.2 Å². The molecule has 2 rings (SSSR count). The zero-order valence-corrected chi connectivity index (χ0v) is 9.10. The lowest BCUT2D eigenvalue weighted by atomic mass is 10.1. The van der Waals surface area contributed by atoms with Gasteiger partial charge in [0.1, 0.15) is 0 Å². The van der Waals surface area contributed by atoms with Gasteiger partial charge in [0.05, 0.1) is 11.3 Å². The Morgan fingerprint density at radius 1 is 1.29 bits per heavy atom. The van der Waals surface area contributed by atoms with Crippen molar-refractivity contribution in [1.82, 2.24) is 5.32 Å². The molecular weight excluding hydrogens is 194 g/mol. The van der Waals surface area contributed by atoms with E-state index in [1.165, 1.54) is 10.5 Å². The summed E-state index contributed by atoms with van der Waals surface area (Å²) < 4.78 is 0. The predicted molar refractivity (Wildman–Crippen MR) is 58.1 cm³/mol. The third-order valence-corrected chi connectivity index (χ3v) is 3.76. The van der Waals surface area contributed by atoms with Gasteiger partial charge in [-0.15, -0.1) is 11.8 Å². The first-order chi connectivity index (χ1) is 6.66. The van der Waals surface area contributed by atoms with Crippen LogP contribution in [-0.4, -0.2) is 11.3 Å². The van der Waals surface area contributed by atoms with Crippen molar-refractivity contribution in [2.45, 2.75) is 24.1 Å². The van der Waals surface area contributed by atoms with Gasteiger partial charge in [-0.3, -0.25) is 4.79 Å². The van der Waals surface area contributed by atoms with Gasteiger partial charge in [0.15, 0.2) is 0 Å². The van der Waals surface area contributed by atoms with Crippen LogP contribution in [0.4, 0.5) is 0 Å². The highest BCUT2D eigenvalue weighted by Gasteiger charge is 2.35. The Balaban J connectivity index is 1.98. The highest BCUT2D eigenvalue weighted by atomic mass is 32.2. The summed E-state index contributed by atoms with van der Waals surface area (Å²) in [6.07, 6.45) is 0. The second-order valence-corrected chi connectivity index (χ2v) is 4.86. The van der Waals surface area contributed by atoms with Gasteiger partial charge in [0.25, 0.3) is 0 Å². The van der Waals surface area contributed by atoms with Crippen molar-refractivity contribution in [3.05, 3.63) is 29.8 Å². The van der Waals surface area contributed by atoms with Gasteiger partial charge < -0.3 is 5.32 Å². The Hall–Kier alpha value is -0.960. The number of carbonyl (C=O) groups excluding carboxylic acids is 1. The van der Waals surface area contributed by atoms with Gasteiger partial charge in [0, 0.05) is 4.90 Å². The molecule has 1 amide bonds. The molecule has 1 heterocycles. The van der Waals surface area contributed by atoms with Gasteiger partial charge in [-0.25, -0.2) is 0 Å². The molecular formula is C11H13NOS. The number of nitrogens with one attached hydrogen (secondary N) is 1. The third-order valence-electron chi connectivity index (χ3n) is 2.44. The number of thioether (sulfide) groups is 1. The number of hydrogen-bond donors (Lipinski definition) is 1. The fourth-order valence-electron chi connectivity index (χ4n) is 1.33. The zero-order chi connectivity index (χ0) is 10.1. The van der Waals surface area contributed by atoms with E-state index in [0.717, 1.165) is 0 Å². The molecule has 0 radical (unpaired) electrons. The number of benzene rings is 1. The minimum Gasteiger partial charge on any atom is -0.343 e. The number of β-lactam (4-membered cyclic amide) rings is 1. The smallest absolute Gasteiger partial charge is 0.226 e. The second-order valence-electron chi connectivity index (χ2n) is 3.65. The lowest BCUT2D eigenvalue weighted by Crippen LogP contribution is -2.54. The summed E-state index contributed by atoms with van der Waals surface area (Å²) in [5.74, 6) is 0.302. The summed E-state index contributed by atoms with van der Waals surface area (Å²) in [7, 11) is 0. The highest BCUT2D eigenvalue weighted by Crippen LogP contribution is 2.31. The second kappa shape index (κ2) is 3.65. The van der Waals surface area contributed by atoms with Gasteiger partial charge in [0.2, 0.25) is 5.91 Å². The lowest BCUT2D eigenvalue weighted by molar-refractivity contribution is -0.131. The molecule has 1 fully saturated rings. The SMILES string of the molecule is Cc1ccc(SC2NC(=O)C2C)cc1. The molecule has 2 nitrogen and oxygen atoms in total. The minimum atomic E-state index is 0.140. The van der Waals surface area contributed by atoms with Crippen LogP contribution in [0.5, 0.6) is 0 Å². The van der Waals surface area contributed by atoms with E-state index in [1.54, 1.807) is 11.8 Å². The van der Waals surface area contributed by atoms with E-state index in [1.807, 2.05) is 6.92 Å². The number of aryl methyl sites for hydroxylation is 1. The fourth-order valence-corrected chi connectivity index (χ4v) is 2.42. The van der Waals surface area contributed by atoms with E-state index in [0.29, 0.717) is 0 Å². The quantitative estimate of drug-likeness (QED) is 0.753. The van der Waals surface area contributed by atoms with Crippen LogP contribution in [0.2, 0.25) is 0 Å². The van der Waals surface area contributed by atoms with Gasteiger partial charge >= 0.3 is 0 Å². The fraction of sp³-hybridized carbons (Fsp3) is 0.364. The van der Waals surface area contributed by atoms with Gasteiger partial charge in [-0.05, 0) is 19.1 Å². The summed E-state index contributed by atoms with van der Waals surface area (Å²) in [5, 5.41) is 3.13. The number of hydrogen-bond acceptors (Lipinski definition) is 2. The molecule has 0 bridgehead atoms. The molecule has 2 atom stereocenters. The van der Waals surface area contributed by atoms with Gasteiger partial charge in [-0.2, -0.15) is 0 Å². The van der Waals surface area contributed by atoms with Crippen molar-refractivity contribution < 1.29 is 4.79 Å². The summed E-state index contributed by atoms with van der Waals surface area (Å²) in [5.41, 5.74) is 1.26. The van der Waals surface area contributed by atoms with Crippen LogP contribution in [0, 0.1) is 12.8 Å². The molecule has 1 aliphatic heterocycles. The average molecular weight is 207 g/mol. The molecule has 2 unspecified atom stereocenters. The molecule has 1 aliphatic rings. The average Bonchev–Trinajstić information content (AvgIpc) is 2.20. The van der Waals surface area contributed by atoms with Crippen molar-refractivity contribution in [2.24, 2.45) is 5.92 Å². The van der Waals surface area contributed by atoms with E-state index >= 15 is 0 Å². The Kier molecular flexibility index (Phi) is 2.50. The molecule has 0 spiro atoms. The maximum absolute atomic E-state index is 11.0. The third kappa shape index (κ3) is 1.77. The number of amides is 1. The normalized spacial score (nSPS) is 25.4. The molecule has 1 aromatic carbocycles. The summed E-state index contributed by atoms with van der Waals surface area (Å²) in [6.45, 7) is 4.03. The van der Waals surface area contributed by atoms with E-state index < -0.39 is 0 Å². The van der Waals surface area contributed by atoms with E-state index in [4.69, 9.17) is 0 Å². The molecule has 0 aliphatic carbocycles. The predicted octanol–water partition coefficient (Wildman–Crippen LogP) is 2.18. The molecule has 1 saturated heterocycles. The zero-order valence-electron chi connectivity index (χ0n) is 8.28. The molecule has 0 aromatic heterocycles. The van der Waals surface area contributed by atoms with Crippen molar-refractivity contribution >= 4 is 17.7 Å². The van der Waals surface area contributed by atoms with Crippen LogP contribution in [0.3, 0.4) is 0 Å². The van der Waals surface area contributed by atoms with Crippen LogP contribution < -0.4 is 5.32 Å². The minimum absolute atomic E-state index is 0.140. The summed E-state index contributed by atoms with van der Waals surface area (Å²) >= 11 is 1.72. The maximum Gasteiger partial charge on any atom is 0.226 e. The monoisotopic (exact) mass is 207 g/mol. The molecule has 1 aromatic rings. The van der Waals surface area contributed by atoms with Crippen LogP contribution in [0.1, 0.15) is 12.5 Å². The van der Waals surface area contributed by atoms with Crippen molar-refractivity contribution in [3.8, 4) is 0 Å². The van der Waals surface area contributed by atoms with E-state index in [9.17, 15) is 4.79 Å². The van der Waals surface area contributed by atoms with Crippen molar-refractivity contribution in [1.29, 1.82) is 0 Å². The largest absolute Gasteiger partial charge is 0.343 e. The topological polar surface area (TPSA) is 29.1 Å².